The predicted octanol–water partition coefficient (Wildman–Crippen LogP) is 4.14. The predicted molar refractivity (Wildman–Crippen MR) is 80.4 cm³/mol. The second-order valence-corrected chi connectivity index (χ2v) is 5.13. The fraction of sp³-hybridized carbons (Fsp3) is 0.412. The maximum absolute atomic E-state index is 5.76. The highest BCUT2D eigenvalue weighted by Crippen LogP contribution is 2.37. The van der Waals surface area contributed by atoms with Crippen LogP contribution in [0.5, 0.6) is 5.75 Å². The van der Waals surface area contributed by atoms with Crippen LogP contribution in [0.2, 0.25) is 0 Å². The first kappa shape index (κ1) is 13.7. The third kappa shape index (κ3) is 3.40. The van der Waals surface area contributed by atoms with Gasteiger partial charge in [0, 0.05) is 0 Å². The highest BCUT2D eigenvalue weighted by atomic mass is 16.5. The fourth-order valence-electron chi connectivity index (χ4n) is 2.60. The van der Waals surface area contributed by atoms with Crippen molar-refractivity contribution in [2.24, 2.45) is 0 Å². The minimum absolute atomic E-state index is 0.568. The molecule has 2 heteroatoms. The molecule has 19 heavy (non-hydrogen) atoms. The van der Waals surface area contributed by atoms with Crippen LogP contribution in [0, 0.1) is 0 Å². The zero-order chi connectivity index (χ0) is 13.7. The number of nitrogens with one attached hydrogen (secondary N) is 1. The Morgan fingerprint density at radius 1 is 1.53 bits per heavy atom. The molecule has 0 bridgehead atoms. The first-order valence-electron chi connectivity index (χ1n) is 7.02. The van der Waals surface area contributed by atoms with Gasteiger partial charge in [0.2, 0.25) is 0 Å². The van der Waals surface area contributed by atoms with Gasteiger partial charge < -0.3 is 10.1 Å². The molecule has 1 heterocycles. The van der Waals surface area contributed by atoms with E-state index in [1.807, 2.05) is 6.20 Å². The second kappa shape index (κ2) is 6.46. The highest BCUT2D eigenvalue weighted by molar-refractivity contribution is 5.41. The molecule has 0 spiro atoms. The molecule has 0 amide bonds. The van der Waals surface area contributed by atoms with E-state index in [0.717, 1.165) is 31.6 Å². The standard InChI is InChI=1S/C17H23NO/c1-4-14-6-7-17-16(11-14)15(8-9-19-17)10-13(3)12-18-5-2/h5-7,11-12,15,18H,2,4,8-10H2,1,3H3/b13-12+. The summed E-state index contributed by atoms with van der Waals surface area (Å²) in [4.78, 5) is 0. The van der Waals surface area contributed by atoms with Crippen LogP contribution in [-0.2, 0) is 6.42 Å². The van der Waals surface area contributed by atoms with Crippen molar-refractivity contribution in [3.8, 4) is 5.75 Å². The van der Waals surface area contributed by atoms with Crippen molar-refractivity contribution < 1.29 is 4.74 Å². The zero-order valence-electron chi connectivity index (χ0n) is 11.9. The third-order valence-electron chi connectivity index (χ3n) is 3.66. The van der Waals surface area contributed by atoms with E-state index < -0.39 is 0 Å². The lowest BCUT2D eigenvalue weighted by atomic mass is 9.87. The summed E-state index contributed by atoms with van der Waals surface area (Å²) in [5.41, 5.74) is 4.11. The molecule has 0 aromatic heterocycles. The summed E-state index contributed by atoms with van der Waals surface area (Å²) in [7, 11) is 0. The van der Waals surface area contributed by atoms with Crippen LogP contribution in [0.3, 0.4) is 0 Å². The SMILES string of the molecule is C=CN/C=C(\C)CC1CCOc2ccc(CC)cc21. The summed E-state index contributed by atoms with van der Waals surface area (Å²) in [6.45, 7) is 8.84. The molecule has 0 fully saturated rings. The molecular weight excluding hydrogens is 234 g/mol. The van der Waals surface area contributed by atoms with Gasteiger partial charge in [0.1, 0.15) is 5.75 Å². The Labute approximate surface area is 116 Å². The van der Waals surface area contributed by atoms with Crippen LogP contribution in [0.25, 0.3) is 0 Å². The number of hydrogen-bond acceptors (Lipinski definition) is 2. The number of hydrogen-bond donors (Lipinski definition) is 1. The summed E-state index contributed by atoms with van der Waals surface area (Å²) in [6, 6.07) is 6.61. The number of rotatable bonds is 5. The van der Waals surface area contributed by atoms with Gasteiger partial charge in [0.15, 0.2) is 0 Å². The van der Waals surface area contributed by atoms with Crippen LogP contribution in [0.15, 0.2) is 42.8 Å². The molecule has 0 radical (unpaired) electrons. The van der Waals surface area contributed by atoms with Gasteiger partial charge in [0.05, 0.1) is 6.61 Å². The Morgan fingerprint density at radius 2 is 2.37 bits per heavy atom. The summed E-state index contributed by atoms with van der Waals surface area (Å²) >= 11 is 0. The van der Waals surface area contributed by atoms with E-state index in [9.17, 15) is 0 Å². The number of aryl methyl sites for hydroxylation is 1. The van der Waals surface area contributed by atoms with Gasteiger partial charge in [0.25, 0.3) is 0 Å². The van der Waals surface area contributed by atoms with E-state index in [0.29, 0.717) is 5.92 Å². The van der Waals surface area contributed by atoms with Crippen molar-refractivity contribution >= 4 is 0 Å². The first-order chi connectivity index (χ1) is 9.24. The maximum Gasteiger partial charge on any atom is 0.122 e. The maximum atomic E-state index is 5.76. The minimum atomic E-state index is 0.568. The van der Waals surface area contributed by atoms with Gasteiger partial charge in [-0.1, -0.05) is 31.2 Å². The van der Waals surface area contributed by atoms with E-state index >= 15 is 0 Å². The smallest absolute Gasteiger partial charge is 0.122 e. The van der Waals surface area contributed by atoms with Crippen LogP contribution < -0.4 is 10.1 Å². The van der Waals surface area contributed by atoms with Crippen LogP contribution in [-0.4, -0.2) is 6.61 Å². The molecule has 102 valence electrons. The van der Waals surface area contributed by atoms with Crippen LogP contribution >= 0.6 is 0 Å². The second-order valence-electron chi connectivity index (χ2n) is 5.13. The van der Waals surface area contributed by atoms with Gasteiger partial charge >= 0.3 is 0 Å². The Kier molecular flexibility index (Phi) is 4.67. The van der Waals surface area contributed by atoms with E-state index in [4.69, 9.17) is 4.74 Å². The lowest BCUT2D eigenvalue weighted by molar-refractivity contribution is 0.266. The summed E-state index contributed by atoms with van der Waals surface area (Å²) < 4.78 is 5.76. The molecular formula is C17H23NO. The molecule has 1 aromatic rings. The van der Waals surface area contributed by atoms with Crippen molar-refractivity contribution in [3.05, 3.63) is 53.9 Å². The quantitative estimate of drug-likeness (QED) is 0.856. The molecule has 1 N–H and O–H groups in total. The number of ether oxygens (including phenoxy) is 1. The average Bonchev–Trinajstić information content (AvgIpc) is 2.45. The molecule has 0 aliphatic carbocycles. The van der Waals surface area contributed by atoms with Crippen LogP contribution in [0.1, 0.15) is 43.7 Å². The van der Waals surface area contributed by atoms with Gasteiger partial charge in [-0.3, -0.25) is 0 Å². The molecule has 0 saturated carbocycles. The molecule has 1 aliphatic rings. The summed E-state index contributed by atoms with van der Waals surface area (Å²) in [5.74, 6) is 1.64. The largest absolute Gasteiger partial charge is 0.493 e. The third-order valence-corrected chi connectivity index (χ3v) is 3.66. The Hall–Kier alpha value is -1.70. The normalized spacial score (nSPS) is 18.4. The molecule has 1 unspecified atom stereocenters. The van der Waals surface area contributed by atoms with Crippen molar-refractivity contribution in [3.63, 3.8) is 0 Å². The van der Waals surface area contributed by atoms with Gasteiger partial charge in [-0.2, -0.15) is 0 Å². The van der Waals surface area contributed by atoms with E-state index in [1.165, 1.54) is 16.7 Å². The highest BCUT2D eigenvalue weighted by Gasteiger charge is 2.21. The van der Waals surface area contributed by atoms with Gasteiger partial charge in [-0.05, 0) is 61.7 Å². The summed E-state index contributed by atoms with van der Waals surface area (Å²) in [5, 5.41) is 3.05. The van der Waals surface area contributed by atoms with Crippen molar-refractivity contribution in [1.29, 1.82) is 0 Å². The van der Waals surface area contributed by atoms with E-state index in [-0.39, 0.29) is 0 Å². The van der Waals surface area contributed by atoms with E-state index in [2.05, 4.69) is 43.9 Å². The first-order valence-corrected chi connectivity index (χ1v) is 7.02. The number of benzene rings is 1. The zero-order valence-corrected chi connectivity index (χ0v) is 11.9. The Bertz CT molecular complexity index is 476. The summed E-state index contributed by atoms with van der Waals surface area (Å²) in [6.07, 6.45) is 6.99. The van der Waals surface area contributed by atoms with Crippen molar-refractivity contribution in [1.82, 2.24) is 5.32 Å². The topological polar surface area (TPSA) is 21.3 Å². The fourth-order valence-corrected chi connectivity index (χ4v) is 2.60. The lowest BCUT2D eigenvalue weighted by Gasteiger charge is -2.26. The van der Waals surface area contributed by atoms with Crippen LogP contribution in [0.4, 0.5) is 0 Å². The van der Waals surface area contributed by atoms with Crippen molar-refractivity contribution in [2.75, 3.05) is 6.61 Å². The average molecular weight is 257 g/mol. The molecule has 1 atom stereocenters. The van der Waals surface area contributed by atoms with Gasteiger partial charge in [-0.15, -0.1) is 0 Å². The lowest BCUT2D eigenvalue weighted by Crippen LogP contribution is -2.15. The minimum Gasteiger partial charge on any atom is -0.493 e. The van der Waals surface area contributed by atoms with Crippen molar-refractivity contribution in [2.45, 2.75) is 39.0 Å². The molecule has 0 saturated heterocycles. The number of allylic oxidation sites excluding steroid dienone is 1. The monoisotopic (exact) mass is 257 g/mol. The van der Waals surface area contributed by atoms with E-state index in [1.54, 1.807) is 6.20 Å². The number of fused-ring (bicyclic) bond motifs is 1. The Balaban J connectivity index is 2.18. The molecule has 1 aromatic carbocycles. The molecule has 2 rings (SSSR count). The Morgan fingerprint density at radius 3 is 3.11 bits per heavy atom. The molecule has 2 nitrogen and oxygen atoms in total. The van der Waals surface area contributed by atoms with Gasteiger partial charge in [-0.25, -0.2) is 0 Å². The molecule has 1 aliphatic heterocycles.